The Balaban J connectivity index is 1.33. The molecule has 1 fully saturated rings. The molecule has 1 saturated heterocycles. The number of anilines is 1. The summed E-state index contributed by atoms with van der Waals surface area (Å²) in [5, 5.41) is 9.44. The van der Waals surface area contributed by atoms with Gasteiger partial charge < -0.3 is 10.2 Å². The van der Waals surface area contributed by atoms with Gasteiger partial charge in [-0.25, -0.2) is 4.98 Å². The molecule has 1 N–H and O–H groups in total. The van der Waals surface area contributed by atoms with Gasteiger partial charge in [0.15, 0.2) is 0 Å². The molecule has 0 spiro atoms. The number of amides is 1. The number of hydrogen-bond acceptors (Lipinski definition) is 6. The number of piperidine rings is 1. The molecule has 0 aliphatic carbocycles. The van der Waals surface area contributed by atoms with Gasteiger partial charge in [0.05, 0.1) is 0 Å². The molecule has 1 aliphatic rings. The minimum atomic E-state index is 0.0868. The van der Waals surface area contributed by atoms with Gasteiger partial charge in [-0.2, -0.15) is 14.6 Å². The fourth-order valence-corrected chi connectivity index (χ4v) is 4.12. The van der Waals surface area contributed by atoms with Crippen molar-refractivity contribution in [2.24, 2.45) is 5.92 Å². The molecule has 0 aromatic carbocycles. The fraction of sp³-hybridized carbons (Fsp3) is 0.444. The Labute approximate surface area is 156 Å². The lowest BCUT2D eigenvalue weighted by Gasteiger charge is -2.32. The number of hydrogen-bond donors (Lipinski definition) is 1. The molecule has 3 aromatic heterocycles. The number of nitrogens with one attached hydrogen (secondary N) is 1. The molecule has 0 atom stereocenters. The molecular weight excluding hydrogens is 348 g/mol. The standard InChI is InChI=1S/C18H22N6OS/c1-13-11-16(24-18(22-13)20-12-21-24)23-8-5-14(6-9-23)17(25)19-7-4-15-3-2-10-26-15/h2-3,10-12,14H,4-9H2,1H3,(H,19,25). The molecule has 0 radical (unpaired) electrons. The highest BCUT2D eigenvalue weighted by Gasteiger charge is 2.26. The van der Waals surface area contributed by atoms with Crippen molar-refractivity contribution < 1.29 is 4.79 Å². The van der Waals surface area contributed by atoms with Crippen molar-refractivity contribution >= 4 is 28.8 Å². The van der Waals surface area contributed by atoms with E-state index in [0.717, 1.165) is 43.9 Å². The molecule has 0 unspecified atom stereocenters. The number of rotatable bonds is 5. The van der Waals surface area contributed by atoms with Crippen molar-refractivity contribution in [3.63, 3.8) is 0 Å². The molecule has 8 heteroatoms. The van der Waals surface area contributed by atoms with E-state index in [0.29, 0.717) is 12.3 Å². The van der Waals surface area contributed by atoms with Gasteiger partial charge in [-0.05, 0) is 37.6 Å². The summed E-state index contributed by atoms with van der Waals surface area (Å²) in [6.07, 6.45) is 4.13. The quantitative estimate of drug-likeness (QED) is 0.744. The minimum Gasteiger partial charge on any atom is -0.356 e. The number of carbonyl (C=O) groups excluding carboxylic acids is 1. The van der Waals surface area contributed by atoms with E-state index in [9.17, 15) is 4.79 Å². The van der Waals surface area contributed by atoms with Crippen molar-refractivity contribution in [2.45, 2.75) is 26.2 Å². The number of nitrogens with zero attached hydrogens (tertiary/aromatic N) is 5. The van der Waals surface area contributed by atoms with E-state index in [4.69, 9.17) is 0 Å². The molecule has 1 amide bonds. The zero-order chi connectivity index (χ0) is 17.9. The smallest absolute Gasteiger partial charge is 0.254 e. The zero-order valence-electron chi connectivity index (χ0n) is 14.8. The summed E-state index contributed by atoms with van der Waals surface area (Å²) in [6.45, 7) is 4.34. The molecule has 1 aliphatic heterocycles. The summed E-state index contributed by atoms with van der Waals surface area (Å²) in [6, 6.07) is 6.18. The lowest BCUT2D eigenvalue weighted by molar-refractivity contribution is -0.125. The first-order chi connectivity index (χ1) is 12.7. The van der Waals surface area contributed by atoms with Crippen LogP contribution in [0, 0.1) is 12.8 Å². The summed E-state index contributed by atoms with van der Waals surface area (Å²) < 4.78 is 1.77. The van der Waals surface area contributed by atoms with Gasteiger partial charge in [0.25, 0.3) is 5.78 Å². The van der Waals surface area contributed by atoms with Crippen LogP contribution in [-0.4, -0.2) is 45.1 Å². The van der Waals surface area contributed by atoms with Gasteiger partial charge in [-0.3, -0.25) is 4.79 Å². The highest BCUT2D eigenvalue weighted by molar-refractivity contribution is 7.09. The van der Waals surface area contributed by atoms with Gasteiger partial charge in [0, 0.05) is 42.2 Å². The second kappa shape index (κ2) is 7.41. The highest BCUT2D eigenvalue weighted by Crippen LogP contribution is 2.24. The van der Waals surface area contributed by atoms with Crippen LogP contribution in [0.2, 0.25) is 0 Å². The van der Waals surface area contributed by atoms with Crippen LogP contribution in [0.4, 0.5) is 5.82 Å². The topological polar surface area (TPSA) is 75.4 Å². The van der Waals surface area contributed by atoms with Gasteiger partial charge >= 0.3 is 0 Å². The molecule has 26 heavy (non-hydrogen) atoms. The second-order valence-electron chi connectivity index (χ2n) is 6.61. The lowest BCUT2D eigenvalue weighted by atomic mass is 9.96. The number of fused-ring (bicyclic) bond motifs is 1. The lowest BCUT2D eigenvalue weighted by Crippen LogP contribution is -2.41. The number of thiophene rings is 1. The molecule has 4 heterocycles. The first-order valence-corrected chi connectivity index (χ1v) is 9.81. The van der Waals surface area contributed by atoms with Crippen molar-refractivity contribution in [2.75, 3.05) is 24.5 Å². The van der Waals surface area contributed by atoms with Crippen molar-refractivity contribution in [1.29, 1.82) is 0 Å². The predicted molar refractivity (Wildman–Crippen MR) is 101 cm³/mol. The second-order valence-corrected chi connectivity index (χ2v) is 7.64. The Kier molecular flexibility index (Phi) is 4.83. The third-order valence-electron chi connectivity index (χ3n) is 4.80. The Morgan fingerprint density at radius 1 is 1.38 bits per heavy atom. The van der Waals surface area contributed by atoms with Crippen molar-refractivity contribution in [3.05, 3.63) is 40.5 Å². The van der Waals surface area contributed by atoms with Crippen LogP contribution in [0.1, 0.15) is 23.4 Å². The van der Waals surface area contributed by atoms with Gasteiger partial charge in [0.1, 0.15) is 12.1 Å². The van der Waals surface area contributed by atoms with Crippen LogP contribution in [0.5, 0.6) is 0 Å². The summed E-state index contributed by atoms with van der Waals surface area (Å²) in [5.41, 5.74) is 0.925. The third kappa shape index (κ3) is 3.55. The third-order valence-corrected chi connectivity index (χ3v) is 5.74. The molecule has 3 aromatic rings. The first kappa shape index (κ1) is 17.0. The predicted octanol–water partition coefficient (Wildman–Crippen LogP) is 2.07. The Morgan fingerprint density at radius 2 is 2.23 bits per heavy atom. The van der Waals surface area contributed by atoms with Crippen LogP contribution in [0.25, 0.3) is 5.78 Å². The Bertz CT molecular complexity index is 882. The molecule has 7 nitrogen and oxygen atoms in total. The molecular formula is C18H22N6OS. The van der Waals surface area contributed by atoms with E-state index < -0.39 is 0 Å². The van der Waals surface area contributed by atoms with Gasteiger partial charge in [-0.15, -0.1) is 11.3 Å². The zero-order valence-corrected chi connectivity index (χ0v) is 15.6. The highest BCUT2D eigenvalue weighted by atomic mass is 32.1. The molecule has 0 saturated carbocycles. The molecule has 4 rings (SSSR count). The average molecular weight is 370 g/mol. The van der Waals surface area contributed by atoms with Crippen LogP contribution in [-0.2, 0) is 11.2 Å². The van der Waals surface area contributed by atoms with Gasteiger partial charge in [-0.1, -0.05) is 6.07 Å². The van der Waals surface area contributed by atoms with E-state index in [-0.39, 0.29) is 11.8 Å². The van der Waals surface area contributed by atoms with Crippen LogP contribution in [0.3, 0.4) is 0 Å². The van der Waals surface area contributed by atoms with Crippen molar-refractivity contribution in [1.82, 2.24) is 24.9 Å². The maximum absolute atomic E-state index is 12.4. The molecule has 136 valence electrons. The van der Waals surface area contributed by atoms with Crippen molar-refractivity contribution in [3.8, 4) is 0 Å². The maximum atomic E-state index is 12.4. The van der Waals surface area contributed by atoms with E-state index in [1.54, 1.807) is 15.9 Å². The fourth-order valence-electron chi connectivity index (χ4n) is 3.42. The monoisotopic (exact) mass is 370 g/mol. The summed E-state index contributed by atoms with van der Waals surface area (Å²) >= 11 is 1.73. The van der Waals surface area contributed by atoms with Crippen LogP contribution >= 0.6 is 11.3 Å². The summed E-state index contributed by atoms with van der Waals surface area (Å²) in [5.74, 6) is 1.89. The van der Waals surface area contributed by atoms with Gasteiger partial charge in [0.2, 0.25) is 5.91 Å². The summed E-state index contributed by atoms with van der Waals surface area (Å²) in [7, 11) is 0. The van der Waals surface area contributed by atoms with E-state index >= 15 is 0 Å². The van der Waals surface area contributed by atoms with Crippen LogP contribution in [0.15, 0.2) is 29.9 Å². The van der Waals surface area contributed by atoms with Crippen LogP contribution < -0.4 is 10.2 Å². The van der Waals surface area contributed by atoms with E-state index in [1.165, 1.54) is 11.2 Å². The van der Waals surface area contributed by atoms with E-state index in [2.05, 4.69) is 36.7 Å². The Hall–Kier alpha value is -2.48. The maximum Gasteiger partial charge on any atom is 0.254 e. The minimum absolute atomic E-state index is 0.0868. The number of aromatic nitrogens is 4. The van der Waals surface area contributed by atoms with E-state index in [1.807, 2.05) is 19.1 Å². The largest absolute Gasteiger partial charge is 0.356 e. The average Bonchev–Trinajstić information content (AvgIpc) is 3.32. The number of aryl methyl sites for hydroxylation is 1. The first-order valence-electron chi connectivity index (χ1n) is 8.93. The number of carbonyl (C=O) groups is 1. The SMILES string of the molecule is Cc1cc(N2CCC(C(=O)NCCc3cccs3)CC2)n2ncnc2n1. The Morgan fingerprint density at radius 3 is 3.00 bits per heavy atom. The molecule has 0 bridgehead atoms. The summed E-state index contributed by atoms with van der Waals surface area (Å²) in [4.78, 5) is 24.6. The normalized spacial score (nSPS) is 15.5.